The number of hydrogen-bond acceptors (Lipinski definition) is 4. The molecule has 5 nitrogen and oxygen atoms in total. The van der Waals surface area contributed by atoms with E-state index in [4.69, 9.17) is 4.74 Å². The molecule has 0 spiro atoms. The van der Waals surface area contributed by atoms with Gasteiger partial charge in [-0.2, -0.15) is 5.10 Å². The first kappa shape index (κ1) is 20.9. The minimum absolute atomic E-state index is 0.427. The van der Waals surface area contributed by atoms with Gasteiger partial charge in [-0.15, -0.1) is 0 Å². The number of nitrogens with zero attached hydrogens (tertiary/aromatic N) is 4. The van der Waals surface area contributed by atoms with Gasteiger partial charge in [-0.25, -0.2) is 0 Å². The molecule has 2 aromatic rings. The molecule has 0 unspecified atom stereocenters. The van der Waals surface area contributed by atoms with Crippen LogP contribution >= 0.6 is 0 Å². The van der Waals surface area contributed by atoms with Crippen molar-refractivity contribution in [3.63, 3.8) is 0 Å². The maximum atomic E-state index is 5.25. The second-order valence-electron chi connectivity index (χ2n) is 8.53. The summed E-state index contributed by atoms with van der Waals surface area (Å²) >= 11 is 0. The van der Waals surface area contributed by atoms with E-state index in [9.17, 15) is 0 Å². The van der Waals surface area contributed by atoms with Crippen molar-refractivity contribution in [2.24, 2.45) is 5.92 Å². The van der Waals surface area contributed by atoms with Crippen molar-refractivity contribution in [3.8, 4) is 5.75 Å². The van der Waals surface area contributed by atoms with Crippen molar-refractivity contribution >= 4 is 0 Å². The number of ether oxygens (including phenoxy) is 1. The van der Waals surface area contributed by atoms with Gasteiger partial charge in [0, 0.05) is 44.0 Å². The van der Waals surface area contributed by atoms with Crippen molar-refractivity contribution in [1.82, 2.24) is 19.6 Å². The van der Waals surface area contributed by atoms with Crippen LogP contribution in [0.1, 0.15) is 43.9 Å². The Morgan fingerprint density at radius 3 is 2.68 bits per heavy atom. The van der Waals surface area contributed by atoms with Crippen LogP contribution in [0, 0.1) is 5.92 Å². The minimum atomic E-state index is 0.427. The molecule has 0 amide bonds. The summed E-state index contributed by atoms with van der Waals surface area (Å²) in [5.41, 5.74) is 2.70. The monoisotopic (exact) mass is 384 g/mol. The fraction of sp³-hybridized carbons (Fsp3) is 0.609. The maximum Gasteiger partial charge on any atom is 0.118 e. The van der Waals surface area contributed by atoms with Crippen LogP contribution in [0.4, 0.5) is 0 Å². The predicted molar refractivity (Wildman–Crippen MR) is 115 cm³/mol. The lowest BCUT2D eigenvalue weighted by Crippen LogP contribution is -2.40. The molecule has 28 heavy (non-hydrogen) atoms. The summed E-state index contributed by atoms with van der Waals surface area (Å²) in [4.78, 5) is 5.10. The summed E-state index contributed by atoms with van der Waals surface area (Å²) in [5.74, 6) is 1.69. The normalized spacial score (nSPS) is 18.1. The van der Waals surface area contributed by atoms with Crippen LogP contribution in [0.2, 0.25) is 0 Å². The molecule has 1 fully saturated rings. The van der Waals surface area contributed by atoms with E-state index < -0.39 is 0 Å². The van der Waals surface area contributed by atoms with Crippen LogP contribution < -0.4 is 4.74 Å². The number of benzene rings is 1. The molecule has 5 heteroatoms. The molecule has 1 saturated heterocycles. The average Bonchev–Trinajstić information content (AvgIpc) is 3.16. The summed E-state index contributed by atoms with van der Waals surface area (Å²) in [5, 5.41) is 4.47. The van der Waals surface area contributed by atoms with Gasteiger partial charge in [-0.1, -0.05) is 12.1 Å². The Morgan fingerprint density at radius 2 is 2.00 bits per heavy atom. The van der Waals surface area contributed by atoms with E-state index in [2.05, 4.69) is 66.3 Å². The summed E-state index contributed by atoms with van der Waals surface area (Å²) < 4.78 is 7.30. The van der Waals surface area contributed by atoms with E-state index in [0.29, 0.717) is 6.04 Å². The van der Waals surface area contributed by atoms with E-state index in [1.807, 2.05) is 10.9 Å². The smallest absolute Gasteiger partial charge is 0.118 e. The third kappa shape index (κ3) is 6.08. The zero-order valence-corrected chi connectivity index (χ0v) is 18.0. The van der Waals surface area contributed by atoms with Gasteiger partial charge < -0.3 is 14.5 Å². The van der Waals surface area contributed by atoms with Gasteiger partial charge in [-0.3, -0.25) is 4.68 Å². The van der Waals surface area contributed by atoms with Crippen molar-refractivity contribution in [1.29, 1.82) is 0 Å². The third-order valence-corrected chi connectivity index (χ3v) is 5.69. The van der Waals surface area contributed by atoms with Gasteiger partial charge in [0.1, 0.15) is 5.75 Å². The molecule has 0 N–H and O–H groups in total. The summed E-state index contributed by atoms with van der Waals surface area (Å²) in [7, 11) is 3.96. The van der Waals surface area contributed by atoms with Gasteiger partial charge >= 0.3 is 0 Å². The van der Waals surface area contributed by atoms with Crippen LogP contribution in [0.5, 0.6) is 5.75 Å². The second kappa shape index (κ2) is 10.1. The van der Waals surface area contributed by atoms with Crippen molar-refractivity contribution in [3.05, 3.63) is 47.8 Å². The number of methoxy groups -OCH3 is 1. The number of aromatic nitrogens is 2. The Balaban J connectivity index is 1.43. The summed E-state index contributed by atoms with van der Waals surface area (Å²) in [6.07, 6.45) is 7.96. The standard InChI is InChI=1S/C23H36N4O/c1-19(2)27-18-22(14-24-27)16-25(3)15-21-6-5-12-26(17-21)13-11-20-7-9-23(28-4)10-8-20/h7-10,14,18-19,21H,5-6,11-13,15-17H2,1-4H3/t21-/m1/s1. The average molecular weight is 385 g/mol. The third-order valence-electron chi connectivity index (χ3n) is 5.69. The van der Waals surface area contributed by atoms with E-state index >= 15 is 0 Å². The van der Waals surface area contributed by atoms with Crippen molar-refractivity contribution in [2.45, 2.75) is 45.7 Å². The molecule has 1 aromatic carbocycles. The first-order valence-electron chi connectivity index (χ1n) is 10.6. The first-order chi connectivity index (χ1) is 13.5. The number of piperidine rings is 1. The molecular weight excluding hydrogens is 348 g/mol. The Hall–Kier alpha value is -1.85. The molecule has 0 saturated carbocycles. The highest BCUT2D eigenvalue weighted by Crippen LogP contribution is 2.19. The molecule has 1 aliphatic heterocycles. The molecule has 1 aromatic heterocycles. The fourth-order valence-corrected chi connectivity index (χ4v) is 4.14. The molecule has 0 bridgehead atoms. The Kier molecular flexibility index (Phi) is 7.51. The largest absolute Gasteiger partial charge is 0.497 e. The fourth-order valence-electron chi connectivity index (χ4n) is 4.14. The lowest BCUT2D eigenvalue weighted by Gasteiger charge is -2.34. The van der Waals surface area contributed by atoms with E-state index in [-0.39, 0.29) is 0 Å². The maximum absolute atomic E-state index is 5.25. The van der Waals surface area contributed by atoms with E-state index in [1.54, 1.807) is 7.11 Å². The van der Waals surface area contributed by atoms with Crippen molar-refractivity contribution in [2.75, 3.05) is 40.3 Å². The van der Waals surface area contributed by atoms with Gasteiger partial charge in [0.2, 0.25) is 0 Å². The van der Waals surface area contributed by atoms with Crippen LogP contribution in [-0.2, 0) is 13.0 Å². The molecular formula is C23H36N4O. The van der Waals surface area contributed by atoms with Gasteiger partial charge in [-0.05, 0) is 70.3 Å². The molecule has 1 atom stereocenters. The minimum Gasteiger partial charge on any atom is -0.497 e. The zero-order valence-electron chi connectivity index (χ0n) is 18.0. The van der Waals surface area contributed by atoms with Gasteiger partial charge in [0.25, 0.3) is 0 Å². The predicted octanol–water partition coefficient (Wildman–Crippen LogP) is 3.86. The highest BCUT2D eigenvalue weighted by atomic mass is 16.5. The summed E-state index contributed by atoms with van der Waals surface area (Å²) in [6, 6.07) is 8.92. The van der Waals surface area contributed by atoms with Crippen LogP contribution in [-0.4, -0.2) is 59.9 Å². The summed E-state index contributed by atoms with van der Waals surface area (Å²) in [6.45, 7) is 10.1. The lowest BCUT2D eigenvalue weighted by molar-refractivity contribution is 0.142. The highest BCUT2D eigenvalue weighted by molar-refractivity contribution is 5.27. The molecule has 0 aliphatic carbocycles. The first-order valence-corrected chi connectivity index (χ1v) is 10.6. The van der Waals surface area contributed by atoms with E-state index in [1.165, 1.54) is 37.1 Å². The van der Waals surface area contributed by atoms with Gasteiger partial charge in [0.05, 0.1) is 13.3 Å². The topological polar surface area (TPSA) is 33.5 Å². The van der Waals surface area contributed by atoms with Crippen LogP contribution in [0.15, 0.2) is 36.7 Å². The molecule has 2 heterocycles. The van der Waals surface area contributed by atoms with E-state index in [0.717, 1.165) is 37.7 Å². The highest BCUT2D eigenvalue weighted by Gasteiger charge is 2.21. The quantitative estimate of drug-likeness (QED) is 0.657. The molecule has 1 aliphatic rings. The lowest BCUT2D eigenvalue weighted by atomic mass is 9.97. The number of likely N-dealkylation sites (tertiary alicyclic amines) is 1. The molecule has 3 rings (SSSR count). The Labute approximate surface area is 170 Å². The number of hydrogen-bond donors (Lipinski definition) is 0. The zero-order chi connectivity index (χ0) is 19.9. The van der Waals surface area contributed by atoms with Crippen LogP contribution in [0.25, 0.3) is 0 Å². The Bertz CT molecular complexity index is 710. The molecule has 0 radical (unpaired) electrons. The van der Waals surface area contributed by atoms with Crippen molar-refractivity contribution < 1.29 is 4.74 Å². The molecule has 154 valence electrons. The number of rotatable bonds is 9. The van der Waals surface area contributed by atoms with Gasteiger partial charge in [0.15, 0.2) is 0 Å². The SMILES string of the molecule is COc1ccc(CCN2CCC[C@H](CN(C)Cc3cnn(C(C)C)c3)C2)cc1. The second-order valence-corrected chi connectivity index (χ2v) is 8.53. The van der Waals surface area contributed by atoms with Crippen LogP contribution in [0.3, 0.4) is 0 Å². The Morgan fingerprint density at radius 1 is 1.21 bits per heavy atom.